The molecule has 0 spiro atoms. The minimum atomic E-state index is 0.0314. The number of hydrogen-bond acceptors (Lipinski definition) is 3. The maximum atomic E-state index is 11.7. The molecule has 1 atom stereocenters. The summed E-state index contributed by atoms with van der Waals surface area (Å²) in [5, 5.41) is 9.52. The maximum Gasteiger partial charge on any atom is 0.222 e. The molecule has 1 unspecified atom stereocenters. The van der Waals surface area contributed by atoms with Crippen molar-refractivity contribution in [3.63, 3.8) is 0 Å². The Morgan fingerprint density at radius 1 is 1.67 bits per heavy atom. The fourth-order valence-corrected chi connectivity index (χ4v) is 2.10. The van der Waals surface area contributed by atoms with Gasteiger partial charge in [-0.05, 0) is 18.4 Å². The van der Waals surface area contributed by atoms with E-state index in [0.29, 0.717) is 25.8 Å². The highest BCUT2D eigenvalue weighted by Gasteiger charge is 2.23. The van der Waals surface area contributed by atoms with Gasteiger partial charge in [0.1, 0.15) is 0 Å². The van der Waals surface area contributed by atoms with Gasteiger partial charge in [0, 0.05) is 38.7 Å². The molecule has 1 saturated heterocycles. The van der Waals surface area contributed by atoms with Gasteiger partial charge < -0.3 is 10.2 Å². The Hall–Kier alpha value is -1.85. The number of hydrogen-bond donors (Lipinski definition) is 2. The quantitative estimate of drug-likeness (QED) is 0.794. The van der Waals surface area contributed by atoms with Crippen molar-refractivity contribution in [2.24, 2.45) is 0 Å². The zero-order valence-electron chi connectivity index (χ0n) is 10.5. The molecule has 0 bridgehead atoms. The molecule has 1 aliphatic heterocycles. The summed E-state index contributed by atoms with van der Waals surface area (Å²) in [5.41, 5.74) is 1.03. The minimum absolute atomic E-state index is 0.0314. The van der Waals surface area contributed by atoms with Crippen LogP contribution in [0.1, 0.15) is 24.8 Å². The molecule has 0 radical (unpaired) electrons. The lowest BCUT2D eigenvalue weighted by molar-refractivity contribution is -0.134. The molecule has 1 aromatic rings. The van der Waals surface area contributed by atoms with E-state index in [1.165, 1.54) is 0 Å². The van der Waals surface area contributed by atoms with Crippen molar-refractivity contribution in [2.45, 2.75) is 31.7 Å². The summed E-state index contributed by atoms with van der Waals surface area (Å²) in [6, 6.07) is 0.0875. The highest BCUT2D eigenvalue weighted by Crippen LogP contribution is 2.10. The Balaban J connectivity index is 1.72. The number of nitrogens with zero attached hydrogens (tertiary/aromatic N) is 2. The van der Waals surface area contributed by atoms with Crippen molar-refractivity contribution in [1.82, 2.24) is 20.4 Å². The number of carbonyl (C=O) groups excluding carboxylic acids is 2. The molecule has 98 valence electrons. The molecule has 0 saturated carbocycles. The molecule has 1 fully saturated rings. The Kier molecular flexibility index (Phi) is 3.96. The first-order valence-electron chi connectivity index (χ1n) is 6.16. The maximum absolute atomic E-state index is 11.7. The van der Waals surface area contributed by atoms with E-state index >= 15 is 0 Å². The monoisotopic (exact) mass is 250 g/mol. The third-order valence-electron chi connectivity index (χ3n) is 3.19. The van der Waals surface area contributed by atoms with E-state index in [0.717, 1.165) is 12.0 Å². The van der Waals surface area contributed by atoms with Crippen LogP contribution in [-0.2, 0) is 16.0 Å². The van der Waals surface area contributed by atoms with Gasteiger partial charge in [-0.2, -0.15) is 5.10 Å². The van der Waals surface area contributed by atoms with Crippen molar-refractivity contribution in [3.05, 3.63) is 18.0 Å². The van der Waals surface area contributed by atoms with Crippen LogP contribution in [0.2, 0.25) is 0 Å². The molecule has 1 aliphatic rings. The minimum Gasteiger partial charge on any atom is -0.352 e. The normalized spacial score (nSPS) is 19.9. The topological polar surface area (TPSA) is 78.1 Å². The highest BCUT2D eigenvalue weighted by molar-refractivity contribution is 5.79. The average Bonchev–Trinajstić information content (AvgIpc) is 2.84. The number of likely N-dealkylation sites (N-methyl/N-ethyl adjacent to an activating group) is 1. The summed E-state index contributed by atoms with van der Waals surface area (Å²) in [5.74, 6) is 0.183. The number of piperidine rings is 1. The first-order chi connectivity index (χ1) is 8.65. The number of aryl methyl sites for hydroxylation is 1. The molecule has 18 heavy (non-hydrogen) atoms. The lowest BCUT2D eigenvalue weighted by Gasteiger charge is -2.30. The van der Waals surface area contributed by atoms with Gasteiger partial charge in [0.25, 0.3) is 0 Å². The van der Waals surface area contributed by atoms with Gasteiger partial charge in [-0.25, -0.2) is 0 Å². The number of H-pyrrole nitrogens is 1. The van der Waals surface area contributed by atoms with Crippen molar-refractivity contribution in [1.29, 1.82) is 0 Å². The van der Waals surface area contributed by atoms with Gasteiger partial charge in [-0.15, -0.1) is 0 Å². The second kappa shape index (κ2) is 5.66. The summed E-state index contributed by atoms with van der Waals surface area (Å²) >= 11 is 0. The van der Waals surface area contributed by atoms with Crippen molar-refractivity contribution in [3.8, 4) is 0 Å². The first kappa shape index (κ1) is 12.6. The number of carbonyl (C=O) groups is 2. The fourth-order valence-electron chi connectivity index (χ4n) is 2.10. The number of nitrogens with one attached hydrogen (secondary N) is 2. The third kappa shape index (κ3) is 3.32. The summed E-state index contributed by atoms with van der Waals surface area (Å²) in [6.45, 7) is 0.607. The second-order valence-corrected chi connectivity index (χ2v) is 4.68. The molecule has 6 nitrogen and oxygen atoms in total. The predicted octanol–water partition coefficient (Wildman–Crippen LogP) is 0.0793. The van der Waals surface area contributed by atoms with Gasteiger partial charge in [0.05, 0.1) is 6.20 Å². The average molecular weight is 250 g/mol. The Morgan fingerprint density at radius 2 is 2.50 bits per heavy atom. The van der Waals surface area contributed by atoms with Crippen LogP contribution in [0, 0.1) is 0 Å². The van der Waals surface area contributed by atoms with Gasteiger partial charge in [-0.3, -0.25) is 14.7 Å². The molecule has 2 N–H and O–H groups in total. The largest absolute Gasteiger partial charge is 0.352 e. The van der Waals surface area contributed by atoms with Crippen molar-refractivity contribution < 1.29 is 9.59 Å². The van der Waals surface area contributed by atoms with E-state index < -0.39 is 0 Å². The molecular weight excluding hydrogens is 232 g/mol. The van der Waals surface area contributed by atoms with Crippen LogP contribution < -0.4 is 5.32 Å². The van der Waals surface area contributed by atoms with E-state index in [1.54, 1.807) is 24.3 Å². The van der Waals surface area contributed by atoms with Gasteiger partial charge in [0.2, 0.25) is 11.8 Å². The smallest absolute Gasteiger partial charge is 0.222 e. The Labute approximate surface area is 106 Å². The second-order valence-electron chi connectivity index (χ2n) is 4.68. The van der Waals surface area contributed by atoms with Gasteiger partial charge in [0.15, 0.2) is 0 Å². The van der Waals surface area contributed by atoms with Crippen LogP contribution in [-0.4, -0.2) is 46.5 Å². The zero-order chi connectivity index (χ0) is 13.0. The van der Waals surface area contributed by atoms with E-state index in [2.05, 4.69) is 15.5 Å². The van der Waals surface area contributed by atoms with Crippen molar-refractivity contribution in [2.75, 3.05) is 13.6 Å². The Morgan fingerprint density at radius 3 is 3.17 bits per heavy atom. The van der Waals surface area contributed by atoms with Gasteiger partial charge in [-0.1, -0.05) is 0 Å². The van der Waals surface area contributed by atoms with E-state index in [9.17, 15) is 9.59 Å². The number of aromatic nitrogens is 2. The number of rotatable bonds is 4. The SMILES string of the molecule is CN1CC(NC(=O)CCc2cn[nH]c2)CCC1=O. The van der Waals surface area contributed by atoms with E-state index in [-0.39, 0.29) is 17.9 Å². The molecule has 2 heterocycles. The van der Waals surface area contributed by atoms with Crippen molar-refractivity contribution >= 4 is 11.8 Å². The molecule has 0 aromatic carbocycles. The summed E-state index contributed by atoms with van der Waals surface area (Å²) in [4.78, 5) is 24.7. The molecule has 2 amide bonds. The fraction of sp³-hybridized carbons (Fsp3) is 0.583. The molecule has 1 aromatic heterocycles. The zero-order valence-corrected chi connectivity index (χ0v) is 10.5. The Bertz CT molecular complexity index is 416. The molecular formula is C12H18N4O2. The summed E-state index contributed by atoms with van der Waals surface area (Å²) in [7, 11) is 1.77. The molecule has 0 aliphatic carbocycles. The van der Waals surface area contributed by atoms with Crippen LogP contribution in [0.15, 0.2) is 12.4 Å². The standard InChI is InChI=1S/C12H18N4O2/c1-16-8-10(3-5-12(16)18)15-11(17)4-2-9-6-13-14-7-9/h6-7,10H,2-5,8H2,1H3,(H,13,14)(H,15,17). The van der Waals surface area contributed by atoms with Crippen LogP contribution in [0.5, 0.6) is 0 Å². The van der Waals surface area contributed by atoms with E-state index in [1.807, 2.05) is 0 Å². The number of likely N-dealkylation sites (tertiary alicyclic amines) is 1. The third-order valence-corrected chi connectivity index (χ3v) is 3.19. The molecule has 6 heteroatoms. The van der Waals surface area contributed by atoms with Crippen LogP contribution in [0.3, 0.4) is 0 Å². The highest BCUT2D eigenvalue weighted by atomic mass is 16.2. The molecule has 2 rings (SSSR count). The van der Waals surface area contributed by atoms with Crippen LogP contribution in [0.25, 0.3) is 0 Å². The van der Waals surface area contributed by atoms with Gasteiger partial charge >= 0.3 is 0 Å². The summed E-state index contributed by atoms with van der Waals surface area (Å²) < 4.78 is 0. The van der Waals surface area contributed by atoms with Crippen LogP contribution >= 0.6 is 0 Å². The van der Waals surface area contributed by atoms with Crippen LogP contribution in [0.4, 0.5) is 0 Å². The predicted molar refractivity (Wildman–Crippen MR) is 65.7 cm³/mol. The van der Waals surface area contributed by atoms with E-state index in [4.69, 9.17) is 0 Å². The first-order valence-corrected chi connectivity index (χ1v) is 6.16. The summed E-state index contributed by atoms with van der Waals surface area (Å²) in [6.07, 6.45) is 5.90. The lowest BCUT2D eigenvalue weighted by Crippen LogP contribution is -2.48. The lowest BCUT2D eigenvalue weighted by atomic mass is 10.1. The number of amides is 2. The number of aromatic amines is 1.